The molecule has 1 heterocycles. The Morgan fingerprint density at radius 1 is 1.14 bits per heavy atom. The maximum Gasteiger partial charge on any atom is 0.267 e. The Hall–Kier alpha value is -2.11. The van der Waals surface area contributed by atoms with Gasteiger partial charge in [-0.3, -0.25) is 9.69 Å². The van der Waals surface area contributed by atoms with E-state index in [1.807, 2.05) is 35.2 Å². The maximum atomic E-state index is 14.3. The molecule has 1 amide bonds. The minimum Gasteiger partial charge on any atom is -0.283 e. The largest absolute Gasteiger partial charge is 0.283 e. The van der Waals surface area contributed by atoms with Gasteiger partial charge in [-0.05, 0) is 60.9 Å². The first-order valence-corrected chi connectivity index (χ1v) is 11.0. The maximum absolute atomic E-state index is 14.3. The van der Waals surface area contributed by atoms with Crippen LogP contribution in [0.5, 0.6) is 0 Å². The Labute approximate surface area is 179 Å². The lowest BCUT2D eigenvalue weighted by Gasteiger charge is -2.35. The van der Waals surface area contributed by atoms with Gasteiger partial charge in [0.25, 0.3) is 5.91 Å². The van der Waals surface area contributed by atoms with Gasteiger partial charge in [-0.25, -0.2) is 9.38 Å². The van der Waals surface area contributed by atoms with E-state index >= 15 is 0 Å². The molecule has 1 saturated carbocycles. The molecule has 0 aromatic heterocycles. The molecule has 0 radical (unpaired) electrons. The fourth-order valence-electron chi connectivity index (χ4n) is 3.93. The molecule has 2 aliphatic rings. The van der Waals surface area contributed by atoms with Crippen LogP contribution in [-0.2, 0) is 4.79 Å². The van der Waals surface area contributed by atoms with Crippen molar-refractivity contribution in [2.45, 2.75) is 38.6 Å². The molecule has 2 atom stereocenters. The fourth-order valence-corrected chi connectivity index (χ4v) is 5.17. The first-order valence-electron chi connectivity index (χ1n) is 9.85. The summed E-state index contributed by atoms with van der Waals surface area (Å²) in [5, 5.41) is 0.940. The monoisotopic (exact) mass is 428 g/mol. The van der Waals surface area contributed by atoms with Gasteiger partial charge >= 0.3 is 0 Å². The number of thioether (sulfide) groups is 1. The molecular formula is C23H22ClFN2OS. The zero-order chi connectivity index (χ0) is 20.4. The Morgan fingerprint density at radius 2 is 1.90 bits per heavy atom. The van der Waals surface area contributed by atoms with E-state index in [1.165, 1.54) is 24.2 Å². The summed E-state index contributed by atoms with van der Waals surface area (Å²) in [6.07, 6.45) is 5.88. The summed E-state index contributed by atoms with van der Waals surface area (Å²) in [4.78, 5) is 20.4. The van der Waals surface area contributed by atoms with Crippen molar-refractivity contribution in [3.8, 4) is 0 Å². The number of amides is 1. The quantitative estimate of drug-likeness (QED) is 0.512. The highest BCUT2D eigenvalue weighted by atomic mass is 35.5. The molecule has 29 heavy (non-hydrogen) atoms. The number of amidine groups is 1. The van der Waals surface area contributed by atoms with Crippen LogP contribution in [0.4, 0.5) is 10.1 Å². The van der Waals surface area contributed by atoms with Gasteiger partial charge in [0.2, 0.25) is 0 Å². The minimum atomic E-state index is -0.440. The van der Waals surface area contributed by atoms with E-state index in [-0.39, 0.29) is 22.5 Å². The third-order valence-electron chi connectivity index (χ3n) is 5.49. The number of nitrogens with zero attached hydrogens (tertiary/aromatic N) is 2. The second kappa shape index (κ2) is 8.72. The van der Waals surface area contributed by atoms with E-state index in [0.717, 1.165) is 24.9 Å². The van der Waals surface area contributed by atoms with Crippen molar-refractivity contribution in [1.82, 2.24) is 4.90 Å². The third-order valence-corrected chi connectivity index (χ3v) is 6.80. The van der Waals surface area contributed by atoms with Crippen LogP contribution in [0.1, 0.15) is 38.2 Å². The summed E-state index contributed by atoms with van der Waals surface area (Å²) in [7, 11) is 0. The molecule has 1 aliphatic heterocycles. The van der Waals surface area contributed by atoms with Gasteiger partial charge in [0.15, 0.2) is 5.17 Å². The van der Waals surface area contributed by atoms with E-state index in [1.54, 1.807) is 18.2 Å². The van der Waals surface area contributed by atoms with Crippen LogP contribution >= 0.6 is 23.4 Å². The van der Waals surface area contributed by atoms with Crippen LogP contribution in [0, 0.1) is 11.7 Å². The van der Waals surface area contributed by atoms with Gasteiger partial charge in [-0.15, -0.1) is 0 Å². The molecule has 1 saturated heterocycles. The predicted molar refractivity (Wildman–Crippen MR) is 119 cm³/mol. The highest BCUT2D eigenvalue weighted by Crippen LogP contribution is 2.40. The number of aliphatic imine (C=N–C) groups is 1. The van der Waals surface area contributed by atoms with E-state index in [4.69, 9.17) is 16.6 Å². The molecule has 2 fully saturated rings. The number of para-hydroxylation sites is 1. The van der Waals surface area contributed by atoms with Gasteiger partial charge in [-0.2, -0.15) is 0 Å². The van der Waals surface area contributed by atoms with Crippen molar-refractivity contribution in [1.29, 1.82) is 0 Å². The average Bonchev–Trinajstić information content (AvgIpc) is 3.01. The molecule has 0 bridgehead atoms. The molecule has 0 N–H and O–H groups in total. The van der Waals surface area contributed by atoms with Gasteiger partial charge in [0, 0.05) is 11.6 Å². The minimum absolute atomic E-state index is 0.105. The van der Waals surface area contributed by atoms with Crippen molar-refractivity contribution in [3.63, 3.8) is 0 Å². The normalized spacial score (nSPS) is 25.2. The van der Waals surface area contributed by atoms with Gasteiger partial charge in [0.05, 0.1) is 15.6 Å². The van der Waals surface area contributed by atoms with E-state index < -0.39 is 5.82 Å². The molecule has 150 valence electrons. The number of benzene rings is 2. The summed E-state index contributed by atoms with van der Waals surface area (Å²) in [6.45, 7) is 2.19. The Bertz CT molecular complexity index is 956. The number of hydrogen-bond acceptors (Lipinski definition) is 3. The van der Waals surface area contributed by atoms with Crippen molar-refractivity contribution in [2.24, 2.45) is 10.9 Å². The van der Waals surface area contributed by atoms with Crippen molar-refractivity contribution in [3.05, 3.63) is 69.8 Å². The van der Waals surface area contributed by atoms with Crippen LogP contribution in [0.25, 0.3) is 6.08 Å². The van der Waals surface area contributed by atoms with Crippen LogP contribution in [0.2, 0.25) is 5.02 Å². The Morgan fingerprint density at radius 3 is 2.62 bits per heavy atom. The van der Waals surface area contributed by atoms with E-state index in [9.17, 15) is 9.18 Å². The average molecular weight is 429 g/mol. The lowest BCUT2D eigenvalue weighted by atomic mass is 9.85. The number of rotatable bonds is 3. The third kappa shape index (κ3) is 4.26. The van der Waals surface area contributed by atoms with E-state index in [2.05, 4.69) is 6.92 Å². The summed E-state index contributed by atoms with van der Waals surface area (Å²) >= 11 is 7.47. The summed E-state index contributed by atoms with van der Waals surface area (Å²) in [5.74, 6) is -0.169. The highest BCUT2D eigenvalue weighted by Gasteiger charge is 2.41. The smallest absolute Gasteiger partial charge is 0.267 e. The zero-order valence-electron chi connectivity index (χ0n) is 16.1. The number of carbonyl (C=O) groups is 1. The molecule has 2 aromatic carbocycles. The van der Waals surface area contributed by atoms with Gasteiger partial charge in [-0.1, -0.05) is 55.6 Å². The summed E-state index contributed by atoms with van der Waals surface area (Å²) < 4.78 is 14.3. The highest BCUT2D eigenvalue weighted by molar-refractivity contribution is 8.18. The van der Waals surface area contributed by atoms with Crippen molar-refractivity contribution < 1.29 is 9.18 Å². The number of hydrogen-bond donors (Lipinski definition) is 0. The van der Waals surface area contributed by atoms with Crippen molar-refractivity contribution >= 4 is 46.2 Å². The SMILES string of the molecule is C[C@H]1CCCC[C@@H]1N1C(=O)/C(=C/c2c(F)cccc2Cl)SC1=Nc1ccccc1. The molecule has 3 nitrogen and oxygen atoms in total. The van der Waals surface area contributed by atoms with Crippen LogP contribution in [-0.4, -0.2) is 22.0 Å². The molecule has 0 spiro atoms. The van der Waals surface area contributed by atoms with Crippen LogP contribution in [0.3, 0.4) is 0 Å². The predicted octanol–water partition coefficient (Wildman–Crippen LogP) is 6.66. The molecule has 2 aromatic rings. The summed E-state index contributed by atoms with van der Waals surface area (Å²) in [6, 6.07) is 14.2. The lowest BCUT2D eigenvalue weighted by Crippen LogP contribution is -2.44. The second-order valence-corrected chi connectivity index (χ2v) is 8.90. The van der Waals surface area contributed by atoms with Gasteiger partial charge in [0.1, 0.15) is 5.82 Å². The molecule has 1 aliphatic carbocycles. The molecular weight excluding hydrogens is 407 g/mol. The first kappa shape index (κ1) is 20.2. The Balaban J connectivity index is 1.76. The topological polar surface area (TPSA) is 32.7 Å². The van der Waals surface area contributed by atoms with Gasteiger partial charge < -0.3 is 0 Å². The second-order valence-electron chi connectivity index (χ2n) is 7.48. The Kier molecular flexibility index (Phi) is 6.07. The van der Waals surface area contributed by atoms with E-state index in [0.29, 0.717) is 16.0 Å². The molecule has 6 heteroatoms. The van der Waals surface area contributed by atoms with Crippen LogP contribution in [0.15, 0.2) is 58.4 Å². The van der Waals surface area contributed by atoms with Crippen molar-refractivity contribution in [2.75, 3.05) is 0 Å². The fraction of sp³-hybridized carbons (Fsp3) is 0.304. The molecule has 0 unspecified atom stereocenters. The zero-order valence-corrected chi connectivity index (χ0v) is 17.7. The first-order chi connectivity index (χ1) is 14.0. The van der Waals surface area contributed by atoms with Crippen LogP contribution < -0.4 is 0 Å². The molecule has 4 rings (SSSR count). The number of carbonyl (C=O) groups excluding carboxylic acids is 1. The summed E-state index contributed by atoms with van der Waals surface area (Å²) in [5.41, 5.74) is 1.03. The lowest BCUT2D eigenvalue weighted by molar-refractivity contribution is -0.124. The standard InChI is InChI=1S/C23H22ClFN2OS/c1-15-8-5-6-13-20(15)27-22(28)21(14-17-18(24)11-7-12-19(17)25)29-23(27)26-16-9-3-2-4-10-16/h2-4,7,9-12,14-15,20H,5-6,8,13H2,1H3/b21-14-,26-23?/t15-,20-/m0/s1. The number of halogens is 2.